The number of hydrogen-bond donors (Lipinski definition) is 0. The largest absolute Gasteiger partial charge is 0.313 e. The molecule has 8 aromatic rings. The minimum absolute atomic E-state index is 1.01. The Bertz CT molecular complexity index is 2450. The van der Waals surface area contributed by atoms with Crippen LogP contribution in [0.4, 0.5) is 17.1 Å². The van der Waals surface area contributed by atoms with Crippen LogP contribution in [-0.4, -0.2) is 4.57 Å². The Hall–Kier alpha value is -6.38. The van der Waals surface area contributed by atoms with Crippen LogP contribution in [-0.2, 0) is 0 Å². The van der Waals surface area contributed by atoms with Crippen molar-refractivity contribution in [1.82, 2.24) is 4.57 Å². The van der Waals surface area contributed by atoms with Gasteiger partial charge in [0.15, 0.2) is 0 Å². The van der Waals surface area contributed by atoms with Crippen LogP contribution in [0, 0.1) is 0 Å². The molecule has 0 atom stereocenters. The zero-order valence-electron chi connectivity index (χ0n) is 27.8. The number of para-hydroxylation sites is 2. The summed E-state index contributed by atoms with van der Waals surface area (Å²) in [6.45, 7) is 0. The Kier molecular flexibility index (Phi) is 7.68. The minimum Gasteiger partial charge on any atom is -0.313 e. The molecular formula is C48H36N2. The first-order valence-electron chi connectivity index (χ1n) is 17.4. The summed E-state index contributed by atoms with van der Waals surface area (Å²) < 4.78 is 2.48. The SMILES string of the molecule is C1=CCCC(n2c3ccc(-c4ccc(-c5ccc(-c6ccccc6)cc5)cc4)cc3c3ccc(N(c4ccccc4)c4ccccc4)cc32)=C1. The molecule has 2 heteroatoms. The summed E-state index contributed by atoms with van der Waals surface area (Å²) >= 11 is 0. The van der Waals surface area contributed by atoms with Crippen LogP contribution in [0.1, 0.15) is 12.8 Å². The van der Waals surface area contributed by atoms with E-state index in [1.54, 1.807) is 0 Å². The summed E-state index contributed by atoms with van der Waals surface area (Å²) in [5, 5.41) is 2.53. The predicted octanol–water partition coefficient (Wildman–Crippen LogP) is 13.5. The van der Waals surface area contributed by atoms with E-state index >= 15 is 0 Å². The van der Waals surface area contributed by atoms with E-state index in [1.165, 1.54) is 60.9 Å². The van der Waals surface area contributed by atoms with Gasteiger partial charge in [-0.1, -0.05) is 140 Å². The molecule has 1 aliphatic rings. The monoisotopic (exact) mass is 640 g/mol. The van der Waals surface area contributed by atoms with Gasteiger partial charge in [0.2, 0.25) is 0 Å². The Morgan fingerprint density at radius 3 is 1.48 bits per heavy atom. The lowest BCUT2D eigenvalue weighted by Gasteiger charge is -2.25. The van der Waals surface area contributed by atoms with Gasteiger partial charge < -0.3 is 9.47 Å². The van der Waals surface area contributed by atoms with E-state index in [0.717, 1.165) is 29.9 Å². The molecule has 9 rings (SSSR count). The highest BCUT2D eigenvalue weighted by atomic mass is 15.1. The summed E-state index contributed by atoms with van der Waals surface area (Å²) in [4.78, 5) is 2.35. The van der Waals surface area contributed by atoms with Gasteiger partial charge >= 0.3 is 0 Å². The normalized spacial score (nSPS) is 12.7. The molecule has 0 fully saturated rings. The van der Waals surface area contributed by atoms with Crippen LogP contribution in [0.25, 0.3) is 60.9 Å². The predicted molar refractivity (Wildman–Crippen MR) is 213 cm³/mol. The second-order valence-corrected chi connectivity index (χ2v) is 12.9. The number of aromatic nitrogens is 1. The quantitative estimate of drug-likeness (QED) is 0.168. The minimum atomic E-state index is 1.01. The first-order chi connectivity index (χ1) is 24.8. The highest BCUT2D eigenvalue weighted by molar-refractivity contribution is 6.12. The van der Waals surface area contributed by atoms with E-state index in [2.05, 4.69) is 204 Å². The Morgan fingerprint density at radius 2 is 0.920 bits per heavy atom. The van der Waals surface area contributed by atoms with Gasteiger partial charge in [0.25, 0.3) is 0 Å². The molecule has 0 aliphatic heterocycles. The fourth-order valence-electron chi connectivity index (χ4n) is 7.36. The number of allylic oxidation sites excluding steroid dienone is 4. The number of nitrogens with zero attached hydrogens (tertiary/aromatic N) is 2. The first kappa shape index (κ1) is 29.7. The van der Waals surface area contributed by atoms with Crippen molar-refractivity contribution in [3.8, 4) is 33.4 Å². The lowest BCUT2D eigenvalue weighted by atomic mass is 9.97. The smallest absolute Gasteiger partial charge is 0.0558 e. The van der Waals surface area contributed by atoms with Crippen LogP contribution in [0.2, 0.25) is 0 Å². The van der Waals surface area contributed by atoms with Crippen molar-refractivity contribution in [2.24, 2.45) is 0 Å². The van der Waals surface area contributed by atoms with E-state index in [4.69, 9.17) is 0 Å². The third-order valence-corrected chi connectivity index (χ3v) is 9.86. The highest BCUT2D eigenvalue weighted by Crippen LogP contribution is 2.41. The molecule has 50 heavy (non-hydrogen) atoms. The number of benzene rings is 7. The lowest BCUT2D eigenvalue weighted by Crippen LogP contribution is -2.09. The molecule has 7 aromatic carbocycles. The van der Waals surface area contributed by atoms with Gasteiger partial charge in [0.1, 0.15) is 0 Å². The molecule has 1 aromatic heterocycles. The van der Waals surface area contributed by atoms with Crippen molar-refractivity contribution in [2.75, 3.05) is 4.90 Å². The molecule has 1 aliphatic carbocycles. The first-order valence-corrected chi connectivity index (χ1v) is 17.4. The van der Waals surface area contributed by atoms with Gasteiger partial charge in [0.05, 0.1) is 11.0 Å². The Labute approximate surface area is 293 Å². The molecule has 0 saturated carbocycles. The Balaban J connectivity index is 1.12. The molecule has 0 spiro atoms. The maximum absolute atomic E-state index is 2.48. The number of rotatable bonds is 7. The average Bonchev–Trinajstić information content (AvgIpc) is 3.53. The van der Waals surface area contributed by atoms with Gasteiger partial charge in [-0.2, -0.15) is 0 Å². The summed E-state index contributed by atoms with van der Waals surface area (Å²) in [5.41, 5.74) is 14.6. The molecule has 0 unspecified atom stereocenters. The second kappa shape index (κ2) is 12.9. The number of fused-ring (bicyclic) bond motifs is 3. The van der Waals surface area contributed by atoms with E-state index in [1.807, 2.05) is 0 Å². The van der Waals surface area contributed by atoms with Gasteiger partial charge in [-0.05, 0) is 101 Å². The van der Waals surface area contributed by atoms with E-state index < -0.39 is 0 Å². The highest BCUT2D eigenvalue weighted by Gasteiger charge is 2.19. The van der Waals surface area contributed by atoms with E-state index in [-0.39, 0.29) is 0 Å². The van der Waals surface area contributed by atoms with Crippen LogP contribution in [0.3, 0.4) is 0 Å². The fraction of sp³-hybridized carbons (Fsp3) is 0.0417. The third kappa shape index (κ3) is 5.51. The summed E-state index contributed by atoms with van der Waals surface area (Å²) in [5.74, 6) is 0. The fourth-order valence-corrected chi connectivity index (χ4v) is 7.36. The maximum atomic E-state index is 2.48. The number of anilines is 3. The summed E-state index contributed by atoms with van der Waals surface area (Å²) in [6, 6.07) is 63.6. The molecule has 2 nitrogen and oxygen atoms in total. The zero-order valence-corrected chi connectivity index (χ0v) is 27.8. The summed E-state index contributed by atoms with van der Waals surface area (Å²) in [6.07, 6.45) is 8.79. The van der Waals surface area contributed by atoms with Crippen molar-refractivity contribution in [3.05, 3.63) is 194 Å². The lowest BCUT2D eigenvalue weighted by molar-refractivity contribution is 0.979. The van der Waals surface area contributed by atoms with Gasteiger partial charge in [-0.15, -0.1) is 0 Å². The topological polar surface area (TPSA) is 8.17 Å². The van der Waals surface area contributed by atoms with Crippen molar-refractivity contribution in [2.45, 2.75) is 12.8 Å². The molecule has 238 valence electrons. The van der Waals surface area contributed by atoms with Gasteiger partial charge in [-0.25, -0.2) is 0 Å². The second-order valence-electron chi connectivity index (χ2n) is 12.9. The molecule has 0 N–H and O–H groups in total. The Morgan fingerprint density at radius 1 is 0.400 bits per heavy atom. The van der Waals surface area contributed by atoms with Crippen molar-refractivity contribution in [3.63, 3.8) is 0 Å². The van der Waals surface area contributed by atoms with Crippen LogP contribution < -0.4 is 4.90 Å². The third-order valence-electron chi connectivity index (χ3n) is 9.86. The molecule has 0 saturated heterocycles. The van der Waals surface area contributed by atoms with Gasteiger partial charge in [0, 0.05) is 33.5 Å². The zero-order chi connectivity index (χ0) is 33.3. The van der Waals surface area contributed by atoms with Gasteiger partial charge in [-0.3, -0.25) is 0 Å². The van der Waals surface area contributed by atoms with Crippen molar-refractivity contribution in [1.29, 1.82) is 0 Å². The average molecular weight is 641 g/mol. The van der Waals surface area contributed by atoms with Crippen molar-refractivity contribution < 1.29 is 0 Å². The van der Waals surface area contributed by atoms with Crippen molar-refractivity contribution >= 4 is 44.6 Å². The number of hydrogen-bond acceptors (Lipinski definition) is 1. The van der Waals surface area contributed by atoms with Crippen LogP contribution >= 0.6 is 0 Å². The molecular weight excluding hydrogens is 605 g/mol. The van der Waals surface area contributed by atoms with Crippen LogP contribution in [0.5, 0.6) is 0 Å². The molecule has 1 heterocycles. The molecule has 0 amide bonds. The molecule has 0 bridgehead atoms. The van der Waals surface area contributed by atoms with E-state index in [0.29, 0.717) is 0 Å². The standard InChI is InChI=1S/C48H36N2/c1-5-13-35(14-6-1)36-21-23-37(24-22-36)38-25-27-39(28-26-38)40-29-32-47-46(33-40)45-31-30-44(34-48(45)50(47)43-19-11-4-12-20-43)49(41-15-7-2-8-16-41)42-17-9-3-10-18-42/h1-11,13-19,21-34H,12,20H2. The van der Waals surface area contributed by atoms with Crippen LogP contribution in [0.15, 0.2) is 194 Å². The molecule has 0 radical (unpaired) electrons. The summed E-state index contributed by atoms with van der Waals surface area (Å²) in [7, 11) is 0. The maximum Gasteiger partial charge on any atom is 0.0558 e. The van der Waals surface area contributed by atoms with E-state index in [9.17, 15) is 0 Å².